The number of likely N-dealkylation sites (N-methyl/N-ethyl adjacent to an activating group) is 2. The summed E-state index contributed by atoms with van der Waals surface area (Å²) in [6, 6.07) is 1.93. The molecule has 1 saturated heterocycles. The van der Waals surface area contributed by atoms with Crippen LogP contribution in [0.4, 0.5) is 11.5 Å². The van der Waals surface area contributed by atoms with Crippen molar-refractivity contribution in [1.82, 2.24) is 9.88 Å². The van der Waals surface area contributed by atoms with Crippen LogP contribution in [0.3, 0.4) is 0 Å². The van der Waals surface area contributed by atoms with Crippen LogP contribution < -0.4 is 9.80 Å². The van der Waals surface area contributed by atoms with Crippen LogP contribution in [0, 0.1) is 0 Å². The van der Waals surface area contributed by atoms with E-state index < -0.39 is 0 Å². The molecule has 3 rings (SSSR count). The largest absolute Gasteiger partial charge is 0.378 e. The average Bonchev–Trinajstić information content (AvgIpc) is 2.61. The number of aromatic nitrogens is 1. The van der Waals surface area contributed by atoms with Crippen LogP contribution in [-0.2, 0) is 4.74 Å². The quantitative estimate of drug-likeness (QED) is 0.745. The Labute approximate surface area is 118 Å². The van der Waals surface area contributed by atoms with Crippen LogP contribution >= 0.6 is 0 Å². The van der Waals surface area contributed by atoms with Crippen LogP contribution in [0.25, 0.3) is 0 Å². The van der Waals surface area contributed by atoms with E-state index in [0.717, 1.165) is 43.2 Å². The van der Waals surface area contributed by atoms with Crippen molar-refractivity contribution in [2.75, 3.05) is 63.3 Å². The molecule has 1 aromatic heterocycles. The number of amides is 1. The Morgan fingerprint density at radius 3 is 2.55 bits per heavy atom. The van der Waals surface area contributed by atoms with Crippen molar-refractivity contribution < 1.29 is 9.53 Å². The maximum atomic E-state index is 12.6. The third kappa shape index (κ3) is 2.20. The molecule has 6 nitrogen and oxygen atoms in total. The number of nitrogens with zero attached hydrogens (tertiary/aromatic N) is 4. The molecule has 20 heavy (non-hydrogen) atoms. The van der Waals surface area contributed by atoms with Gasteiger partial charge in [-0.3, -0.25) is 4.79 Å². The SMILES string of the molecule is CN1CCN(C)c2ccnc(N3CCOCC3)c2C1=O. The number of carbonyl (C=O) groups is 1. The molecule has 0 radical (unpaired) electrons. The third-order valence-electron chi connectivity index (χ3n) is 3.96. The second kappa shape index (κ2) is 5.28. The number of hydrogen-bond donors (Lipinski definition) is 0. The molecule has 3 heterocycles. The van der Waals surface area contributed by atoms with Crippen LogP contribution in [0.15, 0.2) is 12.3 Å². The normalized spacial score (nSPS) is 19.9. The third-order valence-corrected chi connectivity index (χ3v) is 3.96. The number of anilines is 2. The Bertz CT molecular complexity index is 514. The molecule has 0 bridgehead atoms. The van der Waals surface area contributed by atoms with Crippen molar-refractivity contribution in [3.05, 3.63) is 17.8 Å². The molecule has 0 saturated carbocycles. The highest BCUT2D eigenvalue weighted by Crippen LogP contribution is 2.30. The molecule has 0 aromatic carbocycles. The minimum atomic E-state index is 0.0546. The first-order valence-electron chi connectivity index (χ1n) is 6.97. The van der Waals surface area contributed by atoms with Gasteiger partial charge in [-0.25, -0.2) is 4.98 Å². The summed E-state index contributed by atoms with van der Waals surface area (Å²) in [5.74, 6) is 0.843. The molecule has 0 spiro atoms. The standard InChI is InChI=1S/C14H20N4O2/c1-16-5-6-17(2)14(19)12-11(16)3-4-15-13(12)18-7-9-20-10-8-18/h3-4H,5-10H2,1-2H3. The van der Waals surface area contributed by atoms with Crippen molar-refractivity contribution in [2.45, 2.75) is 0 Å². The number of morpholine rings is 1. The fraction of sp³-hybridized carbons (Fsp3) is 0.571. The Kier molecular flexibility index (Phi) is 3.48. The lowest BCUT2D eigenvalue weighted by Crippen LogP contribution is -2.38. The van der Waals surface area contributed by atoms with Gasteiger partial charge >= 0.3 is 0 Å². The molecule has 1 aromatic rings. The van der Waals surface area contributed by atoms with E-state index in [0.29, 0.717) is 13.2 Å². The maximum absolute atomic E-state index is 12.6. The summed E-state index contributed by atoms with van der Waals surface area (Å²) < 4.78 is 5.38. The second-order valence-electron chi connectivity index (χ2n) is 5.28. The Morgan fingerprint density at radius 1 is 1.10 bits per heavy atom. The summed E-state index contributed by atoms with van der Waals surface area (Å²) in [5.41, 5.74) is 1.69. The fourth-order valence-electron chi connectivity index (χ4n) is 2.69. The molecule has 1 fully saturated rings. The van der Waals surface area contributed by atoms with E-state index in [2.05, 4.69) is 14.8 Å². The van der Waals surface area contributed by atoms with Crippen LogP contribution in [0.5, 0.6) is 0 Å². The number of carbonyl (C=O) groups excluding carboxylic acids is 1. The zero-order valence-corrected chi connectivity index (χ0v) is 12.0. The van der Waals surface area contributed by atoms with Crippen LogP contribution in [-0.4, -0.2) is 69.3 Å². The Hall–Kier alpha value is -1.82. The smallest absolute Gasteiger partial charge is 0.259 e. The zero-order chi connectivity index (χ0) is 14.1. The van der Waals surface area contributed by atoms with Crippen LogP contribution in [0.1, 0.15) is 10.4 Å². The fourth-order valence-corrected chi connectivity index (χ4v) is 2.69. The first-order chi connectivity index (χ1) is 9.68. The van der Waals surface area contributed by atoms with Crippen molar-refractivity contribution in [1.29, 1.82) is 0 Å². The molecule has 2 aliphatic heterocycles. The Morgan fingerprint density at radius 2 is 1.80 bits per heavy atom. The monoisotopic (exact) mass is 276 g/mol. The highest BCUT2D eigenvalue weighted by atomic mass is 16.5. The molecule has 0 atom stereocenters. The van der Waals surface area contributed by atoms with Gasteiger partial charge in [-0.15, -0.1) is 0 Å². The first kappa shape index (κ1) is 13.2. The van der Waals surface area contributed by atoms with Gasteiger partial charge in [0.15, 0.2) is 0 Å². The van der Waals surface area contributed by atoms with E-state index in [1.54, 1.807) is 11.1 Å². The van der Waals surface area contributed by atoms with Crippen LogP contribution in [0.2, 0.25) is 0 Å². The molecule has 0 N–H and O–H groups in total. The second-order valence-corrected chi connectivity index (χ2v) is 5.28. The molecular weight excluding hydrogens is 256 g/mol. The number of ether oxygens (including phenoxy) is 1. The van der Waals surface area contributed by atoms with Gasteiger partial charge in [-0.05, 0) is 6.07 Å². The number of rotatable bonds is 1. The van der Waals surface area contributed by atoms with E-state index in [4.69, 9.17) is 4.74 Å². The molecular formula is C14H20N4O2. The van der Waals surface area contributed by atoms with Gasteiger partial charge < -0.3 is 19.4 Å². The van der Waals surface area contributed by atoms with Crippen molar-refractivity contribution in [3.8, 4) is 0 Å². The molecule has 2 aliphatic rings. The molecule has 1 amide bonds. The summed E-state index contributed by atoms with van der Waals surface area (Å²) in [5, 5.41) is 0. The predicted molar refractivity (Wildman–Crippen MR) is 77.5 cm³/mol. The summed E-state index contributed by atoms with van der Waals surface area (Å²) in [6.07, 6.45) is 1.79. The lowest BCUT2D eigenvalue weighted by molar-refractivity contribution is 0.0803. The average molecular weight is 276 g/mol. The topological polar surface area (TPSA) is 48.9 Å². The van der Waals surface area contributed by atoms with Gasteiger partial charge in [0.05, 0.1) is 18.9 Å². The number of hydrogen-bond acceptors (Lipinski definition) is 5. The van der Waals surface area contributed by atoms with Gasteiger partial charge in [0.25, 0.3) is 5.91 Å². The molecule has 6 heteroatoms. The minimum absolute atomic E-state index is 0.0546. The first-order valence-corrected chi connectivity index (χ1v) is 6.97. The maximum Gasteiger partial charge on any atom is 0.259 e. The van der Waals surface area contributed by atoms with Crippen molar-refractivity contribution in [3.63, 3.8) is 0 Å². The highest BCUT2D eigenvalue weighted by molar-refractivity contribution is 6.04. The van der Waals surface area contributed by atoms with Gasteiger partial charge in [0, 0.05) is 46.5 Å². The summed E-state index contributed by atoms with van der Waals surface area (Å²) in [4.78, 5) is 23.2. The van der Waals surface area contributed by atoms with Gasteiger partial charge in [-0.1, -0.05) is 0 Å². The summed E-state index contributed by atoms with van der Waals surface area (Å²) >= 11 is 0. The molecule has 0 aliphatic carbocycles. The zero-order valence-electron chi connectivity index (χ0n) is 12.0. The number of fused-ring (bicyclic) bond motifs is 1. The van der Waals surface area contributed by atoms with Gasteiger partial charge in [0.2, 0.25) is 0 Å². The predicted octanol–water partition coefficient (Wildman–Crippen LogP) is 0.440. The van der Waals surface area contributed by atoms with Crippen molar-refractivity contribution in [2.24, 2.45) is 0 Å². The van der Waals surface area contributed by atoms with E-state index in [1.165, 1.54) is 0 Å². The Balaban J connectivity index is 2.07. The molecule has 0 unspecified atom stereocenters. The lowest BCUT2D eigenvalue weighted by atomic mass is 10.1. The van der Waals surface area contributed by atoms with Gasteiger partial charge in [-0.2, -0.15) is 0 Å². The van der Waals surface area contributed by atoms with E-state index in [-0.39, 0.29) is 5.91 Å². The lowest BCUT2D eigenvalue weighted by Gasteiger charge is -2.30. The summed E-state index contributed by atoms with van der Waals surface area (Å²) in [6.45, 7) is 4.50. The highest BCUT2D eigenvalue weighted by Gasteiger charge is 2.29. The molecule has 108 valence electrons. The van der Waals surface area contributed by atoms with E-state index in [9.17, 15) is 4.79 Å². The van der Waals surface area contributed by atoms with E-state index in [1.807, 2.05) is 20.2 Å². The van der Waals surface area contributed by atoms with E-state index >= 15 is 0 Å². The van der Waals surface area contributed by atoms with Gasteiger partial charge in [0.1, 0.15) is 11.4 Å². The summed E-state index contributed by atoms with van der Waals surface area (Å²) in [7, 11) is 3.87. The van der Waals surface area contributed by atoms with Crippen molar-refractivity contribution >= 4 is 17.4 Å². The minimum Gasteiger partial charge on any atom is -0.378 e. The number of pyridine rings is 1.